The van der Waals surface area contributed by atoms with E-state index in [4.69, 9.17) is 0 Å². The number of rotatable bonds is 4. The Morgan fingerprint density at radius 3 is 1.52 bits per heavy atom. The molecule has 2 heterocycles. The second-order valence-electron chi connectivity index (χ2n) is 11.4. The van der Waals surface area contributed by atoms with Gasteiger partial charge in [0.2, 0.25) is 0 Å². The third-order valence-corrected chi connectivity index (χ3v) is 8.93. The van der Waals surface area contributed by atoms with E-state index in [9.17, 15) is 0 Å². The monoisotopic (exact) mass is 560 g/mol. The second-order valence-corrected chi connectivity index (χ2v) is 11.4. The standard InChI is InChI=1S/C42H28N2/c1-3-13-29(14-4-1)33-17-7-8-18-34(33)30-23-25-32(26-24-30)44-38-21-11-9-19-35(38)36-27-28-40-41(42(36)44)37-20-10-12-22-39(37)43(40)31-15-5-2-6-16-31/h1-28H. The van der Waals surface area contributed by atoms with Crippen molar-refractivity contribution in [1.29, 1.82) is 0 Å². The average molecular weight is 561 g/mol. The van der Waals surface area contributed by atoms with E-state index in [2.05, 4.69) is 179 Å². The maximum absolute atomic E-state index is 2.46. The molecule has 0 amide bonds. The Kier molecular flexibility index (Phi) is 5.54. The summed E-state index contributed by atoms with van der Waals surface area (Å²) in [6, 6.07) is 61.3. The molecule has 2 heteroatoms. The maximum atomic E-state index is 2.46. The van der Waals surface area contributed by atoms with Crippen LogP contribution in [-0.4, -0.2) is 9.13 Å². The molecule has 0 atom stereocenters. The van der Waals surface area contributed by atoms with Crippen molar-refractivity contribution < 1.29 is 0 Å². The Bertz CT molecular complexity index is 2460. The van der Waals surface area contributed by atoms with Crippen LogP contribution < -0.4 is 0 Å². The molecule has 9 rings (SSSR count). The van der Waals surface area contributed by atoms with Crippen molar-refractivity contribution in [1.82, 2.24) is 9.13 Å². The first-order chi connectivity index (χ1) is 21.9. The van der Waals surface area contributed by atoms with Gasteiger partial charge in [-0.15, -0.1) is 0 Å². The summed E-state index contributed by atoms with van der Waals surface area (Å²) in [5.74, 6) is 0. The summed E-state index contributed by atoms with van der Waals surface area (Å²) >= 11 is 0. The molecule has 0 radical (unpaired) electrons. The van der Waals surface area contributed by atoms with Gasteiger partial charge in [0, 0.05) is 32.9 Å². The van der Waals surface area contributed by atoms with E-state index in [1.807, 2.05) is 0 Å². The van der Waals surface area contributed by atoms with Crippen molar-refractivity contribution in [3.8, 4) is 33.6 Å². The van der Waals surface area contributed by atoms with Crippen LogP contribution in [0.25, 0.3) is 77.2 Å². The minimum absolute atomic E-state index is 1.15. The van der Waals surface area contributed by atoms with Crippen molar-refractivity contribution in [2.24, 2.45) is 0 Å². The number of hydrogen-bond donors (Lipinski definition) is 0. The van der Waals surface area contributed by atoms with Gasteiger partial charge in [-0.3, -0.25) is 0 Å². The molecule has 0 N–H and O–H groups in total. The molecule has 206 valence electrons. The Balaban J connectivity index is 1.32. The Morgan fingerprint density at radius 1 is 0.295 bits per heavy atom. The van der Waals surface area contributed by atoms with Crippen molar-refractivity contribution in [3.05, 3.63) is 170 Å². The molecule has 0 aliphatic heterocycles. The molecule has 0 bridgehead atoms. The predicted molar refractivity (Wildman–Crippen MR) is 186 cm³/mol. The summed E-state index contributed by atoms with van der Waals surface area (Å²) < 4.78 is 4.86. The summed E-state index contributed by atoms with van der Waals surface area (Å²) in [6.45, 7) is 0. The van der Waals surface area contributed by atoms with Crippen molar-refractivity contribution >= 4 is 43.6 Å². The van der Waals surface area contributed by atoms with E-state index >= 15 is 0 Å². The lowest BCUT2D eigenvalue weighted by Gasteiger charge is -2.13. The van der Waals surface area contributed by atoms with E-state index in [0.29, 0.717) is 0 Å². The van der Waals surface area contributed by atoms with Gasteiger partial charge >= 0.3 is 0 Å². The molecular formula is C42H28N2. The molecule has 0 saturated heterocycles. The third-order valence-electron chi connectivity index (χ3n) is 8.93. The fraction of sp³-hybridized carbons (Fsp3) is 0. The quantitative estimate of drug-likeness (QED) is 0.203. The van der Waals surface area contributed by atoms with E-state index < -0.39 is 0 Å². The van der Waals surface area contributed by atoms with E-state index in [1.165, 1.54) is 71.6 Å². The van der Waals surface area contributed by atoms with Crippen molar-refractivity contribution in [2.75, 3.05) is 0 Å². The average Bonchev–Trinajstić information content (AvgIpc) is 3.62. The lowest BCUT2D eigenvalue weighted by atomic mass is 9.94. The number of para-hydroxylation sites is 3. The van der Waals surface area contributed by atoms with Crippen molar-refractivity contribution in [2.45, 2.75) is 0 Å². The Labute approximate surface area is 255 Å². The Morgan fingerprint density at radius 2 is 0.818 bits per heavy atom. The molecule has 0 unspecified atom stereocenters. The van der Waals surface area contributed by atoms with Crippen LogP contribution >= 0.6 is 0 Å². The minimum atomic E-state index is 1.15. The SMILES string of the molecule is c1ccc(-c2ccccc2-c2ccc(-n3c4ccccc4c4ccc5c(c6ccccc6n5-c5ccccc5)c43)cc2)cc1. The number of benzene rings is 7. The maximum Gasteiger partial charge on any atom is 0.0641 e. The van der Waals surface area contributed by atoms with Crippen LogP contribution in [0, 0.1) is 0 Å². The summed E-state index contributed by atoms with van der Waals surface area (Å²) in [7, 11) is 0. The number of fused-ring (bicyclic) bond motifs is 7. The molecule has 7 aromatic carbocycles. The van der Waals surface area contributed by atoms with Gasteiger partial charge in [0.15, 0.2) is 0 Å². The predicted octanol–water partition coefficient (Wildman–Crippen LogP) is 11.2. The van der Waals surface area contributed by atoms with E-state index in [-0.39, 0.29) is 0 Å². The van der Waals surface area contributed by atoms with Gasteiger partial charge in [-0.2, -0.15) is 0 Å². The normalized spacial score (nSPS) is 11.6. The largest absolute Gasteiger partial charge is 0.309 e. The Hall–Kier alpha value is -5.86. The van der Waals surface area contributed by atoms with Gasteiger partial charge in [-0.1, -0.05) is 127 Å². The highest BCUT2D eigenvalue weighted by molar-refractivity contribution is 6.26. The smallest absolute Gasteiger partial charge is 0.0641 e. The van der Waals surface area contributed by atoms with E-state index in [0.717, 1.165) is 5.69 Å². The van der Waals surface area contributed by atoms with E-state index in [1.54, 1.807) is 0 Å². The number of hydrogen-bond acceptors (Lipinski definition) is 0. The fourth-order valence-electron chi connectivity index (χ4n) is 7.03. The van der Waals surface area contributed by atoms with Crippen molar-refractivity contribution in [3.63, 3.8) is 0 Å². The van der Waals surface area contributed by atoms with Crippen LogP contribution in [-0.2, 0) is 0 Å². The molecule has 0 saturated carbocycles. The topological polar surface area (TPSA) is 9.86 Å². The first kappa shape index (κ1) is 24.7. The lowest BCUT2D eigenvalue weighted by molar-refractivity contribution is 1.17. The van der Waals surface area contributed by atoms with Crippen LogP contribution in [0.3, 0.4) is 0 Å². The summed E-state index contributed by atoms with van der Waals surface area (Å²) in [5, 5.41) is 5.06. The van der Waals surface area contributed by atoms with Crippen LogP contribution in [0.4, 0.5) is 0 Å². The molecule has 0 aliphatic rings. The molecule has 0 fully saturated rings. The summed E-state index contributed by atoms with van der Waals surface area (Å²) in [5.41, 5.74) is 12.1. The number of aromatic nitrogens is 2. The third kappa shape index (κ3) is 3.68. The highest BCUT2D eigenvalue weighted by Crippen LogP contribution is 2.42. The van der Waals surface area contributed by atoms with Gasteiger partial charge in [0.1, 0.15) is 0 Å². The fourth-order valence-corrected chi connectivity index (χ4v) is 7.03. The highest BCUT2D eigenvalue weighted by Gasteiger charge is 2.20. The lowest BCUT2D eigenvalue weighted by Crippen LogP contribution is -1.95. The first-order valence-corrected chi connectivity index (χ1v) is 15.1. The summed E-state index contributed by atoms with van der Waals surface area (Å²) in [4.78, 5) is 0. The molecular weight excluding hydrogens is 532 g/mol. The van der Waals surface area contributed by atoms with Crippen LogP contribution in [0.1, 0.15) is 0 Å². The van der Waals surface area contributed by atoms with Crippen LogP contribution in [0.2, 0.25) is 0 Å². The zero-order valence-electron chi connectivity index (χ0n) is 24.1. The molecule has 0 spiro atoms. The second kappa shape index (κ2) is 9.86. The summed E-state index contributed by atoms with van der Waals surface area (Å²) in [6.07, 6.45) is 0. The molecule has 44 heavy (non-hydrogen) atoms. The first-order valence-electron chi connectivity index (χ1n) is 15.1. The van der Waals surface area contributed by atoms with Gasteiger partial charge in [0.05, 0.1) is 22.1 Å². The molecule has 2 aromatic heterocycles. The highest BCUT2D eigenvalue weighted by atomic mass is 15.0. The van der Waals surface area contributed by atoms with Gasteiger partial charge in [0.25, 0.3) is 0 Å². The zero-order chi connectivity index (χ0) is 29.0. The number of nitrogens with zero attached hydrogens (tertiary/aromatic N) is 2. The van der Waals surface area contributed by atoms with Gasteiger partial charge in [-0.25, -0.2) is 0 Å². The zero-order valence-corrected chi connectivity index (χ0v) is 24.1. The molecule has 0 aliphatic carbocycles. The van der Waals surface area contributed by atoms with Gasteiger partial charge in [-0.05, 0) is 64.7 Å². The minimum Gasteiger partial charge on any atom is -0.309 e. The molecule has 2 nitrogen and oxygen atoms in total. The van der Waals surface area contributed by atoms with Crippen LogP contribution in [0.15, 0.2) is 170 Å². The van der Waals surface area contributed by atoms with Gasteiger partial charge < -0.3 is 9.13 Å². The molecule has 9 aromatic rings. The van der Waals surface area contributed by atoms with Crippen LogP contribution in [0.5, 0.6) is 0 Å².